The number of carbonyl (C=O) groups excluding carboxylic acids is 2. The Bertz CT molecular complexity index is 785. The van der Waals surface area contributed by atoms with Crippen LogP contribution in [0.1, 0.15) is 5.56 Å². The van der Waals surface area contributed by atoms with Crippen LogP contribution < -0.4 is 10.1 Å². The molecule has 1 N–H and O–H groups in total. The summed E-state index contributed by atoms with van der Waals surface area (Å²) in [5.74, 6) is -2.91. The van der Waals surface area contributed by atoms with E-state index in [9.17, 15) is 18.4 Å². The third-order valence-electron chi connectivity index (χ3n) is 3.11. The van der Waals surface area contributed by atoms with Crippen molar-refractivity contribution < 1.29 is 27.8 Å². The molecule has 2 aromatic carbocycles. The Morgan fingerprint density at radius 1 is 1.08 bits per heavy atom. The lowest BCUT2D eigenvalue weighted by Gasteiger charge is -2.07. The zero-order valence-electron chi connectivity index (χ0n) is 13.3. The van der Waals surface area contributed by atoms with Crippen LogP contribution in [0.2, 0.25) is 0 Å². The number of benzene rings is 2. The quantitative estimate of drug-likeness (QED) is 0.644. The van der Waals surface area contributed by atoms with Crippen LogP contribution in [0.25, 0.3) is 6.08 Å². The Balaban J connectivity index is 1.89. The molecule has 0 bridgehead atoms. The van der Waals surface area contributed by atoms with E-state index in [2.05, 4.69) is 0 Å². The molecule has 1 amide bonds. The van der Waals surface area contributed by atoms with Gasteiger partial charge in [0.1, 0.15) is 23.1 Å². The fourth-order valence-corrected chi connectivity index (χ4v) is 1.94. The summed E-state index contributed by atoms with van der Waals surface area (Å²) in [6.07, 6.45) is 2.59. The molecule has 0 saturated heterocycles. The number of ether oxygens (including phenoxy) is 2. The maximum atomic E-state index is 13.4. The van der Waals surface area contributed by atoms with Gasteiger partial charge in [0, 0.05) is 11.6 Å². The monoisotopic (exact) mass is 347 g/mol. The number of rotatable bonds is 6. The summed E-state index contributed by atoms with van der Waals surface area (Å²) in [4.78, 5) is 23.3. The molecule has 0 fully saturated rings. The number of hydrogen-bond donors (Lipinski definition) is 1. The van der Waals surface area contributed by atoms with Crippen molar-refractivity contribution in [2.75, 3.05) is 19.0 Å². The van der Waals surface area contributed by atoms with E-state index in [1.807, 2.05) is 5.32 Å². The van der Waals surface area contributed by atoms with Crippen LogP contribution in [-0.2, 0) is 14.3 Å². The molecular formula is C18H15F2NO4. The Hall–Kier alpha value is -3.22. The third kappa shape index (κ3) is 5.13. The minimum atomic E-state index is -0.921. The van der Waals surface area contributed by atoms with Crippen LogP contribution in [0.4, 0.5) is 14.5 Å². The molecule has 2 aromatic rings. The van der Waals surface area contributed by atoms with Gasteiger partial charge in [-0.25, -0.2) is 13.6 Å². The predicted molar refractivity (Wildman–Crippen MR) is 88.0 cm³/mol. The zero-order chi connectivity index (χ0) is 18.2. The largest absolute Gasteiger partial charge is 0.496 e. The van der Waals surface area contributed by atoms with Crippen LogP contribution in [0.3, 0.4) is 0 Å². The second-order valence-corrected chi connectivity index (χ2v) is 4.83. The van der Waals surface area contributed by atoms with Crippen molar-refractivity contribution in [2.24, 2.45) is 0 Å². The van der Waals surface area contributed by atoms with E-state index < -0.39 is 35.8 Å². The summed E-state index contributed by atoms with van der Waals surface area (Å²) in [7, 11) is 1.50. The van der Waals surface area contributed by atoms with Crippen molar-refractivity contribution in [1.82, 2.24) is 0 Å². The summed E-state index contributed by atoms with van der Waals surface area (Å²) < 4.78 is 36.7. The van der Waals surface area contributed by atoms with Gasteiger partial charge in [-0.2, -0.15) is 0 Å². The molecule has 5 nitrogen and oxygen atoms in total. The fraction of sp³-hybridized carbons (Fsp3) is 0.111. The molecule has 0 atom stereocenters. The highest BCUT2D eigenvalue weighted by atomic mass is 19.1. The highest BCUT2D eigenvalue weighted by Crippen LogP contribution is 2.19. The van der Waals surface area contributed by atoms with Crippen molar-refractivity contribution in [3.63, 3.8) is 0 Å². The average Bonchev–Trinajstić information content (AvgIpc) is 2.61. The number of esters is 1. The van der Waals surface area contributed by atoms with Crippen molar-refractivity contribution in [2.45, 2.75) is 0 Å². The molecule has 0 aliphatic heterocycles. The first-order chi connectivity index (χ1) is 12.0. The number of hydrogen-bond acceptors (Lipinski definition) is 4. The third-order valence-corrected chi connectivity index (χ3v) is 3.11. The van der Waals surface area contributed by atoms with Gasteiger partial charge in [-0.15, -0.1) is 0 Å². The van der Waals surface area contributed by atoms with Crippen molar-refractivity contribution in [3.8, 4) is 5.75 Å². The summed E-state index contributed by atoms with van der Waals surface area (Å²) in [6.45, 7) is -0.678. The zero-order valence-corrected chi connectivity index (χ0v) is 13.3. The Morgan fingerprint density at radius 2 is 1.76 bits per heavy atom. The van der Waals surface area contributed by atoms with Crippen molar-refractivity contribution in [3.05, 3.63) is 65.7 Å². The lowest BCUT2D eigenvalue weighted by molar-refractivity contribution is -0.142. The molecule has 0 aromatic heterocycles. The maximum absolute atomic E-state index is 13.4. The summed E-state index contributed by atoms with van der Waals surface area (Å²) in [5, 5.41) is 2.02. The highest BCUT2D eigenvalue weighted by Gasteiger charge is 2.13. The number of halogens is 2. The summed E-state index contributed by atoms with van der Waals surface area (Å²) in [6, 6.07) is 10.2. The molecule has 0 aliphatic rings. The molecule has 0 heterocycles. The second-order valence-electron chi connectivity index (χ2n) is 4.83. The number of carbonyl (C=O) groups is 2. The number of para-hydroxylation sites is 2. The standard InChI is InChI=1S/C18H15F2NO4/c1-24-15-8-3-2-5-12(15)9-10-17(23)25-11-16(22)21-18-13(19)6-4-7-14(18)20/h2-10H,11H2,1H3,(H,21,22)/b10-9+. The minimum Gasteiger partial charge on any atom is -0.496 e. The molecule has 0 spiro atoms. The Morgan fingerprint density at radius 3 is 2.44 bits per heavy atom. The van der Waals surface area contributed by atoms with E-state index in [0.29, 0.717) is 11.3 Å². The highest BCUT2D eigenvalue weighted by molar-refractivity contribution is 5.94. The normalized spacial score (nSPS) is 10.5. The lowest BCUT2D eigenvalue weighted by Crippen LogP contribution is -2.21. The SMILES string of the molecule is COc1ccccc1/C=C/C(=O)OCC(=O)Nc1c(F)cccc1F. The second kappa shape index (κ2) is 8.58. The molecule has 25 heavy (non-hydrogen) atoms. The van der Waals surface area contributed by atoms with Crippen LogP contribution in [0.5, 0.6) is 5.75 Å². The Kier molecular flexibility index (Phi) is 6.22. The van der Waals surface area contributed by atoms with Crippen LogP contribution in [0, 0.1) is 11.6 Å². The van der Waals surface area contributed by atoms with Gasteiger partial charge < -0.3 is 14.8 Å². The fourth-order valence-electron chi connectivity index (χ4n) is 1.94. The molecule has 0 radical (unpaired) electrons. The topological polar surface area (TPSA) is 64.6 Å². The van der Waals surface area contributed by atoms with Crippen LogP contribution >= 0.6 is 0 Å². The first-order valence-electron chi connectivity index (χ1n) is 7.23. The maximum Gasteiger partial charge on any atom is 0.331 e. The van der Waals surface area contributed by atoms with E-state index in [0.717, 1.165) is 18.2 Å². The smallest absolute Gasteiger partial charge is 0.331 e. The van der Waals surface area contributed by atoms with Gasteiger partial charge in [0.25, 0.3) is 5.91 Å². The summed E-state index contributed by atoms with van der Waals surface area (Å²) >= 11 is 0. The minimum absolute atomic E-state index is 0.569. The molecule has 2 rings (SSSR count). The predicted octanol–water partition coefficient (Wildman–Crippen LogP) is 3.17. The van der Waals surface area contributed by atoms with Gasteiger partial charge in [0.15, 0.2) is 6.61 Å². The molecular weight excluding hydrogens is 332 g/mol. The number of amides is 1. The lowest BCUT2D eigenvalue weighted by atomic mass is 10.2. The number of methoxy groups -OCH3 is 1. The van der Waals surface area contributed by atoms with E-state index >= 15 is 0 Å². The van der Waals surface area contributed by atoms with Gasteiger partial charge in [0.05, 0.1) is 7.11 Å². The van der Waals surface area contributed by atoms with Gasteiger partial charge in [-0.3, -0.25) is 4.79 Å². The van der Waals surface area contributed by atoms with E-state index in [1.165, 1.54) is 19.3 Å². The molecule has 0 saturated carbocycles. The molecule has 0 unspecified atom stereocenters. The van der Waals surface area contributed by atoms with Gasteiger partial charge in [0.2, 0.25) is 0 Å². The molecule has 7 heteroatoms. The van der Waals surface area contributed by atoms with Crippen LogP contribution in [-0.4, -0.2) is 25.6 Å². The average molecular weight is 347 g/mol. The van der Waals surface area contributed by atoms with E-state index in [4.69, 9.17) is 9.47 Å². The summed E-state index contributed by atoms with van der Waals surface area (Å²) in [5.41, 5.74) is 0.0629. The number of anilines is 1. The van der Waals surface area contributed by atoms with Crippen LogP contribution in [0.15, 0.2) is 48.5 Å². The van der Waals surface area contributed by atoms with E-state index in [-0.39, 0.29) is 0 Å². The van der Waals surface area contributed by atoms with Crippen molar-refractivity contribution >= 4 is 23.6 Å². The number of nitrogens with one attached hydrogen (secondary N) is 1. The van der Waals surface area contributed by atoms with Crippen molar-refractivity contribution in [1.29, 1.82) is 0 Å². The van der Waals surface area contributed by atoms with E-state index in [1.54, 1.807) is 24.3 Å². The molecule has 130 valence electrons. The Labute approximate surface area is 142 Å². The molecule has 0 aliphatic carbocycles. The first-order valence-corrected chi connectivity index (χ1v) is 7.23. The van der Waals surface area contributed by atoms with Gasteiger partial charge in [-0.1, -0.05) is 24.3 Å². The van der Waals surface area contributed by atoms with Gasteiger partial charge in [-0.05, 0) is 24.3 Å². The first kappa shape index (κ1) is 18.1. The van der Waals surface area contributed by atoms with Gasteiger partial charge >= 0.3 is 5.97 Å².